The molecule has 1 aliphatic rings. The number of aliphatic carboxylic acids is 1. The molecular weight excluding hydrogens is 420 g/mol. The van der Waals surface area contributed by atoms with Crippen LogP contribution in [-0.2, 0) is 14.3 Å². The lowest BCUT2D eigenvalue weighted by Gasteiger charge is -2.33. The van der Waals surface area contributed by atoms with E-state index in [9.17, 15) is 14.4 Å². The normalized spacial score (nSPS) is 14.1. The second kappa shape index (κ2) is 9.25. The van der Waals surface area contributed by atoms with Gasteiger partial charge in [0.1, 0.15) is 12.6 Å². The molecule has 0 fully saturated rings. The van der Waals surface area contributed by atoms with E-state index in [1.54, 1.807) is 13.8 Å². The fourth-order valence-electron chi connectivity index (χ4n) is 4.26. The first-order valence-corrected chi connectivity index (χ1v) is 11.0. The largest absolute Gasteiger partial charge is 0.481 e. The first-order valence-electron chi connectivity index (χ1n) is 11.0. The number of nitrogens with one attached hydrogen (secondary N) is 2. The van der Waals surface area contributed by atoms with Crippen molar-refractivity contribution in [3.8, 4) is 11.1 Å². The Bertz CT molecular complexity index is 1010. The summed E-state index contributed by atoms with van der Waals surface area (Å²) in [6, 6.07) is 15.2. The van der Waals surface area contributed by atoms with Crippen LogP contribution in [0.4, 0.5) is 4.79 Å². The van der Waals surface area contributed by atoms with Crippen LogP contribution < -0.4 is 10.6 Å². The van der Waals surface area contributed by atoms with Gasteiger partial charge in [0, 0.05) is 11.5 Å². The van der Waals surface area contributed by atoms with Crippen LogP contribution in [0.1, 0.15) is 58.1 Å². The van der Waals surface area contributed by atoms with Gasteiger partial charge in [0.05, 0.1) is 6.42 Å². The summed E-state index contributed by atoms with van der Waals surface area (Å²) in [5.41, 5.74) is 2.90. The summed E-state index contributed by atoms with van der Waals surface area (Å²) in [6.07, 6.45) is -0.927. The van der Waals surface area contributed by atoms with Crippen molar-refractivity contribution in [3.63, 3.8) is 0 Å². The fraction of sp³-hybridized carbons (Fsp3) is 0.423. The van der Waals surface area contributed by atoms with Gasteiger partial charge < -0.3 is 20.5 Å². The molecule has 0 aromatic heterocycles. The number of benzene rings is 2. The van der Waals surface area contributed by atoms with Gasteiger partial charge in [-0.05, 0) is 41.5 Å². The standard InChI is InChI=1S/C26H32N2O5/c1-25(2,3)22(23(31)28-26(4,5)14-21(29)30)27-24(32)33-15-20-18-12-8-6-10-16(18)17-11-7-9-13-19(17)20/h6-13,20,22H,14-15H2,1-5H3,(H,27,32)(H,28,31)(H,29,30)/t22-/m0/s1. The molecule has 7 nitrogen and oxygen atoms in total. The average molecular weight is 453 g/mol. The zero-order chi connectivity index (χ0) is 24.4. The number of hydrogen-bond acceptors (Lipinski definition) is 4. The number of alkyl carbamates (subject to hydrolysis) is 1. The van der Waals surface area contributed by atoms with E-state index in [1.807, 2.05) is 57.2 Å². The molecule has 3 rings (SSSR count). The summed E-state index contributed by atoms with van der Waals surface area (Å²) in [4.78, 5) is 36.7. The maximum atomic E-state index is 12.9. The molecule has 0 saturated heterocycles. The molecule has 3 N–H and O–H groups in total. The van der Waals surface area contributed by atoms with E-state index < -0.39 is 35.0 Å². The number of hydrogen-bond donors (Lipinski definition) is 3. The lowest BCUT2D eigenvalue weighted by Crippen LogP contribution is -2.58. The SMILES string of the molecule is CC(C)(CC(=O)O)NC(=O)[C@H](NC(=O)OCC1c2ccccc2-c2ccccc21)C(C)(C)C. The first kappa shape index (κ1) is 24.3. The molecule has 2 aromatic carbocycles. The summed E-state index contributed by atoms with van der Waals surface area (Å²) in [5, 5.41) is 14.5. The summed E-state index contributed by atoms with van der Waals surface area (Å²) in [7, 11) is 0. The van der Waals surface area contributed by atoms with E-state index in [0.29, 0.717) is 0 Å². The number of rotatable bonds is 7. The smallest absolute Gasteiger partial charge is 0.407 e. The van der Waals surface area contributed by atoms with Crippen LogP contribution in [0.2, 0.25) is 0 Å². The molecule has 0 bridgehead atoms. The zero-order valence-electron chi connectivity index (χ0n) is 19.8. The Balaban J connectivity index is 1.69. The van der Waals surface area contributed by atoms with Crippen LogP contribution in [0, 0.1) is 5.41 Å². The van der Waals surface area contributed by atoms with Crippen molar-refractivity contribution in [2.75, 3.05) is 6.61 Å². The fourth-order valence-corrected chi connectivity index (χ4v) is 4.26. The van der Waals surface area contributed by atoms with E-state index in [0.717, 1.165) is 22.3 Å². The van der Waals surface area contributed by atoms with Crippen molar-refractivity contribution in [3.05, 3.63) is 59.7 Å². The molecule has 0 spiro atoms. The minimum absolute atomic E-state index is 0.0837. The summed E-state index contributed by atoms with van der Waals surface area (Å²) >= 11 is 0. The number of carboxylic acids is 1. The van der Waals surface area contributed by atoms with Crippen LogP contribution in [0.3, 0.4) is 0 Å². The maximum Gasteiger partial charge on any atom is 0.407 e. The minimum Gasteiger partial charge on any atom is -0.481 e. The van der Waals surface area contributed by atoms with Crippen molar-refractivity contribution in [1.29, 1.82) is 0 Å². The Morgan fingerprint density at radius 3 is 1.94 bits per heavy atom. The van der Waals surface area contributed by atoms with E-state index in [4.69, 9.17) is 9.84 Å². The van der Waals surface area contributed by atoms with E-state index in [1.165, 1.54) is 0 Å². The quantitative estimate of drug-likeness (QED) is 0.581. The Morgan fingerprint density at radius 1 is 0.939 bits per heavy atom. The number of carbonyl (C=O) groups excluding carboxylic acids is 2. The van der Waals surface area contributed by atoms with Gasteiger partial charge in [0.2, 0.25) is 5.91 Å². The minimum atomic E-state index is -1.02. The molecule has 2 aromatic rings. The van der Waals surface area contributed by atoms with E-state index >= 15 is 0 Å². The molecule has 176 valence electrons. The monoisotopic (exact) mass is 452 g/mol. The molecule has 0 unspecified atom stereocenters. The lowest BCUT2D eigenvalue weighted by atomic mass is 9.85. The number of ether oxygens (including phenoxy) is 1. The molecule has 7 heteroatoms. The molecule has 0 heterocycles. The first-order chi connectivity index (χ1) is 15.4. The van der Waals surface area contributed by atoms with E-state index in [2.05, 4.69) is 22.8 Å². The molecular formula is C26H32N2O5. The second-order valence-electron chi connectivity index (χ2n) is 10.2. The molecule has 0 saturated carbocycles. The zero-order valence-corrected chi connectivity index (χ0v) is 19.8. The van der Waals surface area contributed by atoms with Gasteiger partial charge >= 0.3 is 12.1 Å². The van der Waals surface area contributed by atoms with Crippen molar-refractivity contribution in [2.24, 2.45) is 5.41 Å². The van der Waals surface area contributed by atoms with Gasteiger partial charge in [-0.25, -0.2) is 4.79 Å². The third-order valence-corrected chi connectivity index (χ3v) is 5.79. The molecule has 1 atom stereocenters. The molecule has 2 amide bonds. The van der Waals surface area contributed by atoms with Gasteiger partial charge in [-0.3, -0.25) is 9.59 Å². The highest BCUT2D eigenvalue weighted by Gasteiger charge is 2.37. The highest BCUT2D eigenvalue weighted by Crippen LogP contribution is 2.44. The van der Waals surface area contributed by atoms with Gasteiger partial charge in [-0.1, -0.05) is 69.3 Å². The maximum absolute atomic E-state index is 12.9. The molecule has 33 heavy (non-hydrogen) atoms. The highest BCUT2D eigenvalue weighted by molar-refractivity contribution is 5.87. The van der Waals surface area contributed by atoms with Gasteiger partial charge in [-0.15, -0.1) is 0 Å². The second-order valence-corrected chi connectivity index (χ2v) is 10.2. The molecule has 0 radical (unpaired) electrons. The van der Waals surface area contributed by atoms with Crippen molar-refractivity contribution in [2.45, 2.75) is 58.5 Å². The topological polar surface area (TPSA) is 105 Å². The predicted molar refractivity (Wildman–Crippen MR) is 126 cm³/mol. The average Bonchev–Trinajstić information content (AvgIpc) is 3.02. The van der Waals surface area contributed by atoms with E-state index in [-0.39, 0.29) is 18.9 Å². The Morgan fingerprint density at radius 2 is 1.45 bits per heavy atom. The number of carbonyl (C=O) groups is 3. The molecule has 0 aliphatic heterocycles. The van der Waals surface area contributed by atoms with Crippen LogP contribution >= 0.6 is 0 Å². The summed E-state index contributed by atoms with van der Waals surface area (Å²) in [5.74, 6) is -1.56. The number of amides is 2. The number of fused-ring (bicyclic) bond motifs is 3. The Kier molecular flexibility index (Phi) is 6.81. The summed E-state index contributed by atoms with van der Waals surface area (Å²) < 4.78 is 5.59. The third kappa shape index (κ3) is 5.72. The van der Waals surface area contributed by atoms with Gasteiger partial charge in [-0.2, -0.15) is 0 Å². The lowest BCUT2D eigenvalue weighted by molar-refractivity contribution is -0.139. The van der Waals surface area contributed by atoms with Crippen LogP contribution in [0.25, 0.3) is 11.1 Å². The number of carboxylic acid groups (broad SMARTS) is 1. The van der Waals surface area contributed by atoms with Crippen LogP contribution in [-0.4, -0.2) is 41.3 Å². The van der Waals surface area contributed by atoms with Crippen LogP contribution in [0.15, 0.2) is 48.5 Å². The van der Waals surface area contributed by atoms with Crippen molar-refractivity contribution >= 4 is 18.0 Å². The summed E-state index contributed by atoms with van der Waals surface area (Å²) in [6.45, 7) is 8.88. The van der Waals surface area contributed by atoms with Crippen LogP contribution in [0.5, 0.6) is 0 Å². The third-order valence-electron chi connectivity index (χ3n) is 5.79. The predicted octanol–water partition coefficient (Wildman–Crippen LogP) is 4.31. The van der Waals surface area contributed by atoms with Gasteiger partial charge in [0.25, 0.3) is 0 Å². The van der Waals surface area contributed by atoms with Crippen molar-refractivity contribution < 1.29 is 24.2 Å². The Labute approximate surface area is 194 Å². The Hall–Kier alpha value is -3.35. The van der Waals surface area contributed by atoms with Crippen molar-refractivity contribution in [1.82, 2.24) is 10.6 Å². The van der Waals surface area contributed by atoms with Gasteiger partial charge in [0.15, 0.2) is 0 Å². The highest BCUT2D eigenvalue weighted by atomic mass is 16.5. The molecule has 1 aliphatic carbocycles.